The first-order valence-electron chi connectivity index (χ1n) is 20.5. The first-order chi connectivity index (χ1) is 28.8. The molecule has 0 saturated heterocycles. The molecule has 0 spiro atoms. The summed E-state index contributed by atoms with van der Waals surface area (Å²) in [4.78, 5) is 2.22. The number of fused-ring (bicyclic) bond motifs is 4. The number of benzene rings is 9. The van der Waals surface area contributed by atoms with Crippen LogP contribution in [0.1, 0.15) is 6.85 Å². The molecule has 0 unspecified atom stereocenters. The maximum Gasteiger partial charge on any atom is 0.0629 e. The van der Waals surface area contributed by atoms with Crippen LogP contribution in [-0.4, -0.2) is 0 Å². The third-order valence-electron chi connectivity index (χ3n) is 10.2. The van der Waals surface area contributed by atoms with Gasteiger partial charge in [0.2, 0.25) is 0 Å². The average molecular weight is 711 g/mol. The van der Waals surface area contributed by atoms with Crippen LogP contribution in [0.5, 0.6) is 0 Å². The SMILES string of the molecule is [2H]c1c([2H])c([2H])c(-c2ccc(N(c3ccc(-c4ccccc4)cc3)c3cccc4c(-c5ccc(-c6ccc7sc8ccccc8c7c6)cc5)cccc34)cc2)c([2H])c1[2H]. The van der Waals surface area contributed by atoms with Gasteiger partial charge in [-0.15, -0.1) is 11.3 Å². The third-order valence-corrected chi connectivity index (χ3v) is 11.3. The van der Waals surface area contributed by atoms with Gasteiger partial charge in [0.15, 0.2) is 0 Å². The second kappa shape index (κ2) is 13.7. The molecule has 0 radical (unpaired) electrons. The number of hydrogen-bond donors (Lipinski definition) is 0. The van der Waals surface area contributed by atoms with Gasteiger partial charge in [0, 0.05) is 36.9 Å². The van der Waals surface area contributed by atoms with E-state index in [4.69, 9.17) is 6.85 Å². The Bertz CT molecular complexity index is 3170. The van der Waals surface area contributed by atoms with E-state index in [1.807, 2.05) is 53.8 Å². The standard InChI is InChI=1S/C52H35NS/c1-3-11-36(12-4-1)38-25-30-43(31-26-38)53(44-32-27-39(28-33-44)37-13-5-2-6-14-37)50-19-10-17-46-45(16-9-18-47(46)50)41-23-21-40(22-24-41)42-29-34-52-49(35-42)48-15-7-8-20-51(48)54-52/h1-35H/i1D,3D,4D,11D,12D. The molecular weight excluding hydrogens is 671 g/mol. The largest absolute Gasteiger partial charge is 0.310 e. The van der Waals surface area contributed by atoms with Gasteiger partial charge in [0.05, 0.1) is 12.5 Å². The van der Waals surface area contributed by atoms with Crippen LogP contribution in [-0.2, 0) is 0 Å². The van der Waals surface area contributed by atoms with Gasteiger partial charge in [-0.1, -0.05) is 164 Å². The van der Waals surface area contributed by atoms with Crippen LogP contribution >= 0.6 is 11.3 Å². The molecule has 54 heavy (non-hydrogen) atoms. The Hall–Kier alpha value is -6.74. The number of thiophene rings is 1. The van der Waals surface area contributed by atoms with Gasteiger partial charge in [-0.3, -0.25) is 0 Å². The van der Waals surface area contributed by atoms with E-state index < -0.39 is 6.04 Å². The summed E-state index contributed by atoms with van der Waals surface area (Å²) in [5.41, 5.74) is 10.4. The molecule has 9 aromatic carbocycles. The Morgan fingerprint density at radius 2 is 0.889 bits per heavy atom. The van der Waals surface area contributed by atoms with Gasteiger partial charge < -0.3 is 4.90 Å². The third kappa shape index (κ3) is 5.84. The van der Waals surface area contributed by atoms with Crippen molar-refractivity contribution in [1.82, 2.24) is 0 Å². The Kier molecular flexibility index (Phi) is 6.82. The molecule has 10 rings (SSSR count). The summed E-state index contributed by atoms with van der Waals surface area (Å²) >= 11 is 1.83. The van der Waals surface area contributed by atoms with Gasteiger partial charge in [-0.25, -0.2) is 0 Å². The van der Waals surface area contributed by atoms with Crippen molar-refractivity contribution in [3.63, 3.8) is 0 Å². The minimum absolute atomic E-state index is 0.183. The molecule has 0 fully saturated rings. The summed E-state index contributed by atoms with van der Waals surface area (Å²) in [5, 5.41) is 4.77. The van der Waals surface area contributed by atoms with Crippen molar-refractivity contribution >= 4 is 59.3 Å². The summed E-state index contributed by atoms with van der Waals surface area (Å²) in [7, 11) is 0. The fourth-order valence-corrected chi connectivity index (χ4v) is 8.61. The van der Waals surface area contributed by atoms with E-state index in [1.54, 1.807) is 0 Å². The number of anilines is 3. The molecule has 254 valence electrons. The van der Waals surface area contributed by atoms with E-state index >= 15 is 0 Å². The molecule has 0 amide bonds. The van der Waals surface area contributed by atoms with Crippen LogP contribution in [0.25, 0.3) is 75.5 Å². The van der Waals surface area contributed by atoms with Crippen molar-refractivity contribution in [2.75, 3.05) is 4.90 Å². The van der Waals surface area contributed by atoms with Gasteiger partial charge in [0.25, 0.3) is 0 Å². The molecular formula is C52H35NS. The number of nitrogens with zero attached hydrogens (tertiary/aromatic N) is 1. The van der Waals surface area contributed by atoms with Gasteiger partial charge in [-0.2, -0.15) is 0 Å². The average Bonchev–Trinajstić information content (AvgIpc) is 3.67. The van der Waals surface area contributed by atoms with Gasteiger partial charge in [0.1, 0.15) is 0 Å². The Morgan fingerprint density at radius 3 is 1.65 bits per heavy atom. The Balaban J connectivity index is 1.06. The summed E-state index contributed by atoms with van der Waals surface area (Å²) in [6, 6.07) is 62.0. The second-order valence-electron chi connectivity index (χ2n) is 13.4. The van der Waals surface area contributed by atoms with E-state index in [9.17, 15) is 0 Å². The van der Waals surface area contributed by atoms with E-state index in [2.05, 4.69) is 144 Å². The van der Waals surface area contributed by atoms with Crippen molar-refractivity contribution < 1.29 is 6.85 Å². The lowest BCUT2D eigenvalue weighted by Crippen LogP contribution is -2.10. The fraction of sp³-hybridized carbons (Fsp3) is 0. The molecule has 0 atom stereocenters. The predicted octanol–water partition coefficient (Wildman–Crippen LogP) is 15.3. The molecule has 1 nitrogen and oxygen atoms in total. The summed E-state index contributed by atoms with van der Waals surface area (Å²) < 4.78 is 44.3. The second-order valence-corrected chi connectivity index (χ2v) is 14.4. The molecule has 0 aliphatic heterocycles. The van der Waals surface area contributed by atoms with Crippen LogP contribution in [0.2, 0.25) is 0 Å². The van der Waals surface area contributed by atoms with Crippen molar-refractivity contribution in [2.24, 2.45) is 0 Å². The maximum absolute atomic E-state index is 8.57. The van der Waals surface area contributed by atoms with Crippen molar-refractivity contribution in [2.45, 2.75) is 0 Å². The van der Waals surface area contributed by atoms with E-state index in [1.165, 1.54) is 31.3 Å². The quantitative estimate of drug-likeness (QED) is 0.159. The number of hydrogen-bond acceptors (Lipinski definition) is 2. The van der Waals surface area contributed by atoms with Crippen molar-refractivity contribution in [3.8, 4) is 44.5 Å². The molecule has 0 aliphatic carbocycles. The predicted molar refractivity (Wildman–Crippen MR) is 233 cm³/mol. The van der Waals surface area contributed by atoms with Crippen molar-refractivity contribution in [3.05, 3.63) is 212 Å². The maximum atomic E-state index is 8.57. The highest BCUT2D eigenvalue weighted by Crippen LogP contribution is 2.43. The Morgan fingerprint density at radius 1 is 0.352 bits per heavy atom. The summed E-state index contributed by atoms with van der Waals surface area (Å²) in [6.07, 6.45) is 0. The zero-order chi connectivity index (χ0) is 40.2. The molecule has 0 saturated carbocycles. The summed E-state index contributed by atoms with van der Waals surface area (Å²) in [6.45, 7) is 0. The molecule has 0 N–H and O–H groups in total. The zero-order valence-electron chi connectivity index (χ0n) is 34.2. The summed E-state index contributed by atoms with van der Waals surface area (Å²) in [5.74, 6) is 0. The van der Waals surface area contributed by atoms with Crippen LogP contribution in [0, 0.1) is 0 Å². The normalized spacial score (nSPS) is 12.6. The molecule has 0 bridgehead atoms. The number of rotatable bonds is 7. The molecule has 1 heterocycles. The van der Waals surface area contributed by atoms with Crippen LogP contribution in [0.4, 0.5) is 17.1 Å². The lowest BCUT2D eigenvalue weighted by Gasteiger charge is -2.27. The lowest BCUT2D eigenvalue weighted by molar-refractivity contribution is 1.30. The van der Waals surface area contributed by atoms with Gasteiger partial charge >= 0.3 is 0 Å². The minimum atomic E-state index is -0.401. The van der Waals surface area contributed by atoms with Crippen LogP contribution in [0.15, 0.2) is 212 Å². The Labute approximate surface area is 326 Å². The highest BCUT2D eigenvalue weighted by molar-refractivity contribution is 7.25. The zero-order valence-corrected chi connectivity index (χ0v) is 30.0. The molecule has 0 aliphatic rings. The molecule has 2 heteroatoms. The fourth-order valence-electron chi connectivity index (χ4n) is 7.52. The lowest BCUT2D eigenvalue weighted by atomic mass is 9.94. The smallest absolute Gasteiger partial charge is 0.0629 e. The van der Waals surface area contributed by atoms with E-state index in [0.717, 1.165) is 50.1 Å². The first-order valence-corrected chi connectivity index (χ1v) is 18.8. The van der Waals surface area contributed by atoms with E-state index in [-0.39, 0.29) is 29.7 Å². The van der Waals surface area contributed by atoms with Crippen LogP contribution < -0.4 is 4.90 Å². The molecule has 10 aromatic rings. The van der Waals surface area contributed by atoms with Gasteiger partial charge in [-0.05, 0) is 98.4 Å². The van der Waals surface area contributed by atoms with E-state index in [0.29, 0.717) is 5.56 Å². The highest BCUT2D eigenvalue weighted by atomic mass is 32.1. The molecule has 1 aromatic heterocycles. The monoisotopic (exact) mass is 710 g/mol. The first kappa shape index (κ1) is 26.9. The minimum Gasteiger partial charge on any atom is -0.310 e. The highest BCUT2D eigenvalue weighted by Gasteiger charge is 2.17. The van der Waals surface area contributed by atoms with Crippen molar-refractivity contribution in [1.29, 1.82) is 0 Å². The topological polar surface area (TPSA) is 3.24 Å². The van der Waals surface area contributed by atoms with Crippen LogP contribution in [0.3, 0.4) is 0 Å².